The summed E-state index contributed by atoms with van der Waals surface area (Å²) in [5, 5.41) is 3.28. The molecule has 1 saturated carbocycles. The molecular formula is C11H15Br2NO2. The SMILES string of the molecule is Brc1cc(CNCCOCC2CC2)oc1Br. The van der Waals surface area contributed by atoms with Crippen molar-refractivity contribution in [3.63, 3.8) is 0 Å². The van der Waals surface area contributed by atoms with E-state index < -0.39 is 0 Å². The molecule has 16 heavy (non-hydrogen) atoms. The van der Waals surface area contributed by atoms with Crippen molar-refractivity contribution < 1.29 is 9.15 Å². The number of rotatable bonds is 7. The predicted octanol–water partition coefficient (Wildman–Crippen LogP) is 3.32. The fourth-order valence-electron chi connectivity index (χ4n) is 1.37. The van der Waals surface area contributed by atoms with Gasteiger partial charge in [-0.05, 0) is 56.7 Å². The molecule has 1 N–H and O–H groups in total. The summed E-state index contributed by atoms with van der Waals surface area (Å²) in [5.74, 6) is 1.76. The Bertz CT molecular complexity index is 317. The first-order valence-corrected chi connectivity index (χ1v) is 7.06. The van der Waals surface area contributed by atoms with Gasteiger partial charge in [0.25, 0.3) is 0 Å². The van der Waals surface area contributed by atoms with Crippen LogP contribution in [0, 0.1) is 5.92 Å². The molecule has 1 fully saturated rings. The topological polar surface area (TPSA) is 34.4 Å². The van der Waals surface area contributed by atoms with E-state index in [0.717, 1.165) is 47.1 Å². The highest BCUT2D eigenvalue weighted by molar-refractivity contribution is 9.13. The molecule has 5 heteroatoms. The molecule has 0 aliphatic heterocycles. The van der Waals surface area contributed by atoms with E-state index in [1.165, 1.54) is 12.8 Å². The minimum absolute atomic E-state index is 0.733. The van der Waals surface area contributed by atoms with Crippen molar-refractivity contribution in [2.45, 2.75) is 19.4 Å². The van der Waals surface area contributed by atoms with E-state index in [1.807, 2.05) is 6.07 Å². The summed E-state index contributed by atoms with van der Waals surface area (Å²) >= 11 is 6.69. The van der Waals surface area contributed by atoms with E-state index in [4.69, 9.17) is 9.15 Å². The van der Waals surface area contributed by atoms with Crippen LogP contribution in [0.3, 0.4) is 0 Å². The summed E-state index contributed by atoms with van der Waals surface area (Å²) in [6.45, 7) is 3.30. The lowest BCUT2D eigenvalue weighted by atomic mass is 10.4. The van der Waals surface area contributed by atoms with Crippen LogP contribution in [0.5, 0.6) is 0 Å². The average molecular weight is 353 g/mol. The molecule has 1 aliphatic carbocycles. The fraction of sp³-hybridized carbons (Fsp3) is 0.636. The van der Waals surface area contributed by atoms with Crippen LogP contribution in [-0.2, 0) is 11.3 Å². The van der Waals surface area contributed by atoms with Crippen molar-refractivity contribution in [3.8, 4) is 0 Å². The van der Waals surface area contributed by atoms with Crippen molar-refractivity contribution >= 4 is 31.9 Å². The second kappa shape index (κ2) is 6.19. The first-order valence-electron chi connectivity index (χ1n) is 5.48. The zero-order valence-corrected chi connectivity index (χ0v) is 12.1. The van der Waals surface area contributed by atoms with Gasteiger partial charge in [0.2, 0.25) is 0 Å². The normalized spacial score (nSPS) is 15.6. The minimum atomic E-state index is 0.733. The molecular weight excluding hydrogens is 338 g/mol. The first-order chi connectivity index (χ1) is 7.75. The Hall–Kier alpha value is 0.160. The largest absolute Gasteiger partial charge is 0.452 e. The lowest BCUT2D eigenvalue weighted by molar-refractivity contribution is 0.125. The Labute approximate surface area is 112 Å². The van der Waals surface area contributed by atoms with Gasteiger partial charge in [-0.2, -0.15) is 0 Å². The van der Waals surface area contributed by atoms with E-state index in [2.05, 4.69) is 37.2 Å². The highest BCUT2D eigenvalue weighted by atomic mass is 79.9. The molecule has 0 radical (unpaired) electrons. The molecule has 0 bridgehead atoms. The number of nitrogens with one attached hydrogen (secondary N) is 1. The van der Waals surface area contributed by atoms with Gasteiger partial charge in [0.15, 0.2) is 4.67 Å². The molecule has 2 rings (SSSR count). The van der Waals surface area contributed by atoms with Gasteiger partial charge in [-0.3, -0.25) is 0 Å². The molecule has 0 aromatic carbocycles. The summed E-state index contributed by atoms with van der Waals surface area (Å²) in [6.07, 6.45) is 2.70. The van der Waals surface area contributed by atoms with Gasteiger partial charge >= 0.3 is 0 Å². The van der Waals surface area contributed by atoms with Crippen molar-refractivity contribution in [2.75, 3.05) is 19.8 Å². The van der Waals surface area contributed by atoms with Crippen LogP contribution < -0.4 is 5.32 Å². The quantitative estimate of drug-likeness (QED) is 0.764. The van der Waals surface area contributed by atoms with Crippen molar-refractivity contribution in [2.24, 2.45) is 5.92 Å². The molecule has 3 nitrogen and oxygen atoms in total. The minimum Gasteiger partial charge on any atom is -0.452 e. The summed E-state index contributed by atoms with van der Waals surface area (Å²) in [4.78, 5) is 0. The standard InChI is InChI=1S/C11H15Br2NO2/c12-10-5-9(16-11(10)13)6-14-3-4-15-7-8-1-2-8/h5,8,14H,1-4,6-7H2. The number of hydrogen-bond donors (Lipinski definition) is 1. The second-order valence-electron chi connectivity index (χ2n) is 4.03. The van der Waals surface area contributed by atoms with E-state index >= 15 is 0 Å². The van der Waals surface area contributed by atoms with Crippen molar-refractivity contribution in [1.82, 2.24) is 5.32 Å². The third kappa shape index (κ3) is 4.20. The van der Waals surface area contributed by atoms with Crippen molar-refractivity contribution in [3.05, 3.63) is 21.0 Å². The predicted molar refractivity (Wildman–Crippen MR) is 69.4 cm³/mol. The molecule has 1 heterocycles. The Morgan fingerprint density at radius 1 is 1.44 bits per heavy atom. The molecule has 0 spiro atoms. The molecule has 1 aliphatic rings. The molecule has 0 unspecified atom stereocenters. The second-order valence-corrected chi connectivity index (χ2v) is 5.60. The van der Waals surface area contributed by atoms with Gasteiger partial charge in [0.05, 0.1) is 17.6 Å². The maximum Gasteiger partial charge on any atom is 0.183 e. The Kier molecular flexibility index (Phi) is 4.88. The zero-order chi connectivity index (χ0) is 11.4. The van der Waals surface area contributed by atoms with Crippen LogP contribution in [0.2, 0.25) is 0 Å². The lowest BCUT2D eigenvalue weighted by Crippen LogP contribution is -2.19. The van der Waals surface area contributed by atoms with Gasteiger partial charge in [-0.1, -0.05) is 0 Å². The Balaban J connectivity index is 1.53. The molecule has 1 aromatic heterocycles. The van der Waals surface area contributed by atoms with Gasteiger partial charge in [0, 0.05) is 13.2 Å². The van der Waals surface area contributed by atoms with Crippen LogP contribution in [-0.4, -0.2) is 19.8 Å². The number of halogens is 2. The monoisotopic (exact) mass is 351 g/mol. The average Bonchev–Trinajstić information content (AvgIpc) is 3.01. The molecule has 0 saturated heterocycles. The van der Waals surface area contributed by atoms with Crippen LogP contribution in [0.4, 0.5) is 0 Å². The van der Waals surface area contributed by atoms with Gasteiger partial charge in [-0.25, -0.2) is 0 Å². The van der Waals surface area contributed by atoms with Gasteiger partial charge < -0.3 is 14.5 Å². The smallest absolute Gasteiger partial charge is 0.183 e. The summed E-state index contributed by atoms with van der Waals surface area (Å²) in [7, 11) is 0. The van der Waals surface area contributed by atoms with Crippen LogP contribution in [0.25, 0.3) is 0 Å². The highest BCUT2D eigenvalue weighted by Gasteiger charge is 2.20. The number of hydrogen-bond acceptors (Lipinski definition) is 3. The van der Waals surface area contributed by atoms with Gasteiger partial charge in [-0.15, -0.1) is 0 Å². The van der Waals surface area contributed by atoms with Crippen LogP contribution in [0.1, 0.15) is 18.6 Å². The van der Waals surface area contributed by atoms with Crippen LogP contribution >= 0.6 is 31.9 Å². The lowest BCUT2D eigenvalue weighted by Gasteiger charge is -2.03. The Morgan fingerprint density at radius 3 is 2.88 bits per heavy atom. The van der Waals surface area contributed by atoms with Crippen LogP contribution in [0.15, 0.2) is 19.6 Å². The maximum atomic E-state index is 5.51. The van der Waals surface area contributed by atoms with Crippen molar-refractivity contribution in [1.29, 1.82) is 0 Å². The third-order valence-electron chi connectivity index (χ3n) is 2.47. The zero-order valence-electron chi connectivity index (χ0n) is 8.97. The third-order valence-corrected chi connectivity index (χ3v) is 4.18. The van der Waals surface area contributed by atoms with Gasteiger partial charge in [0.1, 0.15) is 5.76 Å². The Morgan fingerprint density at radius 2 is 2.25 bits per heavy atom. The summed E-state index contributed by atoms with van der Waals surface area (Å²) in [5.41, 5.74) is 0. The van der Waals surface area contributed by atoms with E-state index in [9.17, 15) is 0 Å². The van der Waals surface area contributed by atoms with E-state index in [-0.39, 0.29) is 0 Å². The fourth-order valence-corrected chi connectivity index (χ4v) is 2.03. The molecule has 1 aromatic rings. The number of ether oxygens (including phenoxy) is 1. The molecule has 0 atom stereocenters. The highest BCUT2D eigenvalue weighted by Crippen LogP contribution is 2.28. The van der Waals surface area contributed by atoms with E-state index in [0.29, 0.717) is 0 Å². The van der Waals surface area contributed by atoms with E-state index in [1.54, 1.807) is 0 Å². The summed E-state index contributed by atoms with van der Waals surface area (Å²) < 4.78 is 12.6. The maximum absolute atomic E-state index is 5.51. The summed E-state index contributed by atoms with van der Waals surface area (Å²) in [6, 6.07) is 1.96. The first kappa shape index (κ1) is 12.6. The number of furan rings is 1. The molecule has 0 amide bonds. The molecule has 90 valence electrons.